The number of rotatable bonds is 5. The highest BCUT2D eigenvalue weighted by Gasteiger charge is 2.54. The van der Waals surface area contributed by atoms with E-state index in [2.05, 4.69) is 35.4 Å². The highest BCUT2D eigenvalue weighted by atomic mass is 32.1. The van der Waals surface area contributed by atoms with E-state index < -0.39 is 6.09 Å². The number of hydrogen-bond acceptors (Lipinski definition) is 6. The van der Waals surface area contributed by atoms with E-state index >= 15 is 0 Å². The number of thiazole rings is 1. The van der Waals surface area contributed by atoms with Gasteiger partial charge in [0.15, 0.2) is 4.96 Å². The van der Waals surface area contributed by atoms with Gasteiger partial charge in [-0.05, 0) is 49.1 Å². The molecule has 174 valence electrons. The Kier molecular flexibility index (Phi) is 5.18. The van der Waals surface area contributed by atoms with Gasteiger partial charge in [-0.3, -0.25) is 9.20 Å². The fourth-order valence-corrected chi connectivity index (χ4v) is 6.65. The van der Waals surface area contributed by atoms with E-state index in [0.29, 0.717) is 30.0 Å². The molecule has 2 aliphatic rings. The van der Waals surface area contributed by atoms with Crippen LogP contribution in [0.5, 0.6) is 5.88 Å². The van der Waals surface area contributed by atoms with Gasteiger partial charge in [0.05, 0.1) is 11.6 Å². The SMILES string of the molecule is Cc1cccc(-c2sccc2C(=O)N2C[C@@H]3C[C@@H]3[C@H]2CNC(=O)Oc2c(C)nc3sccn23)c1. The Morgan fingerprint density at radius 1 is 1.21 bits per heavy atom. The number of ether oxygens (including phenoxy) is 1. The molecule has 0 radical (unpaired) electrons. The molecule has 0 spiro atoms. The average Bonchev–Trinajstić information content (AvgIpc) is 3.22. The van der Waals surface area contributed by atoms with Crippen molar-refractivity contribution in [1.82, 2.24) is 19.6 Å². The van der Waals surface area contributed by atoms with Crippen molar-refractivity contribution in [2.45, 2.75) is 26.3 Å². The molecule has 1 saturated heterocycles. The molecule has 34 heavy (non-hydrogen) atoms. The summed E-state index contributed by atoms with van der Waals surface area (Å²) >= 11 is 3.08. The molecule has 7 nitrogen and oxygen atoms in total. The standard InChI is InChI=1S/C25H24N4O3S2/c1-14-4-3-5-16(10-14)21-18(6-8-33-21)22(30)29-13-17-11-19(17)20(29)12-26-25(31)32-23-15(2)27-24-28(23)7-9-34-24/h3-10,17,19-20H,11-13H2,1-2H3,(H,26,31)/t17-,19-,20+/m0/s1. The van der Waals surface area contributed by atoms with Crippen molar-refractivity contribution in [3.05, 3.63) is 64.1 Å². The van der Waals surface area contributed by atoms with Crippen LogP contribution in [0.2, 0.25) is 0 Å². The summed E-state index contributed by atoms with van der Waals surface area (Å²) in [6, 6.07) is 10.1. The summed E-state index contributed by atoms with van der Waals surface area (Å²) in [5, 5.41) is 6.78. The lowest BCUT2D eigenvalue weighted by molar-refractivity contribution is 0.0705. The number of nitrogens with zero attached hydrogens (tertiary/aromatic N) is 3. The highest BCUT2D eigenvalue weighted by Crippen LogP contribution is 2.50. The average molecular weight is 493 g/mol. The van der Waals surface area contributed by atoms with Crippen LogP contribution in [0.15, 0.2) is 47.3 Å². The lowest BCUT2D eigenvalue weighted by atomic mass is 10.1. The van der Waals surface area contributed by atoms with E-state index in [1.807, 2.05) is 40.9 Å². The molecule has 3 aromatic heterocycles. The number of hydrogen-bond donors (Lipinski definition) is 1. The predicted octanol–water partition coefficient (Wildman–Crippen LogP) is 4.99. The number of piperidine rings is 1. The zero-order valence-electron chi connectivity index (χ0n) is 18.9. The summed E-state index contributed by atoms with van der Waals surface area (Å²) in [5.74, 6) is 1.43. The molecule has 3 atom stereocenters. The van der Waals surface area contributed by atoms with E-state index in [0.717, 1.165) is 33.9 Å². The molecule has 1 N–H and O–H groups in total. The van der Waals surface area contributed by atoms with Crippen LogP contribution >= 0.6 is 22.7 Å². The normalized spacial score (nSPS) is 21.0. The summed E-state index contributed by atoms with van der Waals surface area (Å²) < 4.78 is 7.35. The van der Waals surface area contributed by atoms with Gasteiger partial charge in [-0.2, -0.15) is 0 Å². The number of nitrogens with one attached hydrogen (secondary N) is 1. The Bertz CT molecular complexity index is 1400. The van der Waals surface area contributed by atoms with Gasteiger partial charge < -0.3 is 15.0 Å². The van der Waals surface area contributed by atoms with E-state index in [9.17, 15) is 9.59 Å². The van der Waals surface area contributed by atoms with Gasteiger partial charge in [0.2, 0.25) is 5.88 Å². The zero-order chi connectivity index (χ0) is 23.4. The molecule has 1 saturated carbocycles. The molecular formula is C25H24N4O3S2. The van der Waals surface area contributed by atoms with Crippen LogP contribution in [0.25, 0.3) is 15.4 Å². The minimum absolute atomic E-state index is 0.0250. The first-order valence-electron chi connectivity index (χ1n) is 11.3. The van der Waals surface area contributed by atoms with Crippen LogP contribution in [-0.2, 0) is 0 Å². The van der Waals surface area contributed by atoms with Crippen molar-refractivity contribution in [1.29, 1.82) is 0 Å². The molecule has 1 aliphatic carbocycles. The molecule has 6 rings (SSSR count). The molecule has 2 amide bonds. The first-order valence-corrected chi connectivity index (χ1v) is 13.1. The monoisotopic (exact) mass is 492 g/mol. The number of imidazole rings is 1. The number of aryl methyl sites for hydroxylation is 2. The quantitative estimate of drug-likeness (QED) is 0.426. The number of benzene rings is 1. The highest BCUT2D eigenvalue weighted by molar-refractivity contribution is 7.15. The molecular weight excluding hydrogens is 468 g/mol. The molecule has 1 aromatic carbocycles. The Hall–Kier alpha value is -3.17. The maximum atomic E-state index is 13.6. The zero-order valence-corrected chi connectivity index (χ0v) is 20.5. The summed E-state index contributed by atoms with van der Waals surface area (Å²) in [7, 11) is 0. The fraction of sp³-hybridized carbons (Fsp3) is 0.320. The largest absolute Gasteiger partial charge is 0.414 e. The summed E-state index contributed by atoms with van der Waals surface area (Å²) in [6.07, 6.45) is 2.42. The van der Waals surface area contributed by atoms with Gasteiger partial charge in [-0.1, -0.05) is 29.8 Å². The fourth-order valence-electron chi connectivity index (χ4n) is 5.02. The Balaban J connectivity index is 1.16. The van der Waals surface area contributed by atoms with E-state index in [-0.39, 0.29) is 11.9 Å². The van der Waals surface area contributed by atoms with Crippen molar-refractivity contribution in [2.24, 2.45) is 11.8 Å². The van der Waals surface area contributed by atoms with Gasteiger partial charge in [0, 0.05) is 29.5 Å². The van der Waals surface area contributed by atoms with Crippen molar-refractivity contribution in [3.8, 4) is 16.3 Å². The summed E-state index contributed by atoms with van der Waals surface area (Å²) in [5.41, 5.74) is 3.64. The topological polar surface area (TPSA) is 75.9 Å². The Morgan fingerprint density at radius 3 is 2.94 bits per heavy atom. The van der Waals surface area contributed by atoms with Gasteiger partial charge in [0.25, 0.3) is 5.91 Å². The minimum Gasteiger partial charge on any atom is -0.391 e. The number of amides is 2. The van der Waals surface area contributed by atoms with Crippen LogP contribution in [0.4, 0.5) is 4.79 Å². The Labute approximate surface area is 205 Å². The van der Waals surface area contributed by atoms with Crippen LogP contribution < -0.4 is 10.1 Å². The van der Waals surface area contributed by atoms with Crippen LogP contribution in [0.3, 0.4) is 0 Å². The maximum absolute atomic E-state index is 13.6. The van der Waals surface area contributed by atoms with Gasteiger partial charge in [-0.15, -0.1) is 22.7 Å². The second kappa shape index (κ2) is 8.25. The Morgan fingerprint density at radius 2 is 2.09 bits per heavy atom. The van der Waals surface area contributed by atoms with Gasteiger partial charge >= 0.3 is 6.09 Å². The van der Waals surface area contributed by atoms with Crippen LogP contribution in [0.1, 0.15) is 28.0 Å². The summed E-state index contributed by atoms with van der Waals surface area (Å²) in [4.78, 5) is 34.4. The van der Waals surface area contributed by atoms with Crippen LogP contribution in [0, 0.1) is 25.7 Å². The molecule has 0 unspecified atom stereocenters. The second-order valence-electron chi connectivity index (χ2n) is 9.05. The van der Waals surface area contributed by atoms with Crippen LogP contribution in [-0.4, -0.2) is 45.4 Å². The lowest BCUT2D eigenvalue weighted by Crippen LogP contribution is -2.46. The van der Waals surface area contributed by atoms with Crippen molar-refractivity contribution < 1.29 is 14.3 Å². The number of likely N-dealkylation sites (tertiary alicyclic amines) is 1. The third-order valence-corrected chi connectivity index (χ3v) is 8.49. The molecule has 1 aliphatic heterocycles. The first kappa shape index (κ1) is 21.4. The third-order valence-electron chi connectivity index (χ3n) is 6.77. The molecule has 4 aromatic rings. The molecule has 9 heteroatoms. The van der Waals surface area contributed by atoms with Crippen molar-refractivity contribution in [2.75, 3.05) is 13.1 Å². The molecule has 2 fully saturated rings. The van der Waals surface area contributed by atoms with E-state index in [1.54, 1.807) is 15.7 Å². The predicted molar refractivity (Wildman–Crippen MR) is 133 cm³/mol. The third kappa shape index (κ3) is 3.69. The van der Waals surface area contributed by atoms with E-state index in [1.165, 1.54) is 16.9 Å². The van der Waals surface area contributed by atoms with Crippen molar-refractivity contribution in [3.63, 3.8) is 0 Å². The number of aromatic nitrogens is 2. The number of thiophene rings is 1. The number of fused-ring (bicyclic) bond motifs is 2. The van der Waals surface area contributed by atoms with Gasteiger partial charge in [0.1, 0.15) is 5.69 Å². The van der Waals surface area contributed by atoms with Crippen molar-refractivity contribution >= 4 is 39.6 Å². The minimum atomic E-state index is -0.524. The lowest BCUT2D eigenvalue weighted by Gasteiger charge is -2.28. The smallest absolute Gasteiger partial charge is 0.391 e. The first-order chi connectivity index (χ1) is 16.5. The second-order valence-corrected chi connectivity index (χ2v) is 10.8. The molecule has 4 heterocycles. The number of carbonyl (C=O) groups excluding carboxylic acids is 2. The van der Waals surface area contributed by atoms with Gasteiger partial charge in [-0.25, -0.2) is 9.78 Å². The maximum Gasteiger partial charge on any atom is 0.414 e. The molecule has 0 bridgehead atoms. The number of carbonyl (C=O) groups is 2. The summed E-state index contributed by atoms with van der Waals surface area (Å²) in [6.45, 7) is 5.00. The van der Waals surface area contributed by atoms with E-state index in [4.69, 9.17) is 4.74 Å².